The van der Waals surface area contributed by atoms with E-state index in [1.165, 1.54) is 0 Å². The van der Waals surface area contributed by atoms with Gasteiger partial charge in [0.2, 0.25) is 0 Å². The van der Waals surface area contributed by atoms with Gasteiger partial charge in [0.1, 0.15) is 11.0 Å². The molecular formula is C7H6ClN3O2. The molecule has 0 fully saturated rings. The van der Waals surface area contributed by atoms with Crippen molar-refractivity contribution in [3.63, 3.8) is 0 Å². The van der Waals surface area contributed by atoms with Crippen LogP contribution in [-0.2, 0) is 11.4 Å². The van der Waals surface area contributed by atoms with Crippen LogP contribution in [0.5, 0.6) is 0 Å². The molecule has 0 saturated carbocycles. The van der Waals surface area contributed by atoms with Crippen LogP contribution in [0.4, 0.5) is 0 Å². The van der Waals surface area contributed by atoms with E-state index in [-0.39, 0.29) is 0 Å². The minimum atomic E-state index is 0.367. The van der Waals surface area contributed by atoms with Gasteiger partial charge in [-0.2, -0.15) is 0 Å². The number of nitrogens with zero attached hydrogens (tertiary/aromatic N) is 2. The highest BCUT2D eigenvalue weighted by atomic mass is 35.5. The zero-order valence-corrected chi connectivity index (χ0v) is 7.28. The summed E-state index contributed by atoms with van der Waals surface area (Å²) < 4.78 is 4.54. The minimum absolute atomic E-state index is 0.367. The average Bonchev–Trinajstić information content (AvgIpc) is 2.61. The van der Waals surface area contributed by atoms with Gasteiger partial charge in [-0.25, -0.2) is 4.63 Å². The van der Waals surface area contributed by atoms with Crippen LogP contribution in [0.25, 0.3) is 11.0 Å². The first-order valence-electron chi connectivity index (χ1n) is 3.59. The number of fused-ring (bicyclic) bond motifs is 1. The van der Waals surface area contributed by atoms with Gasteiger partial charge in [-0.15, -0.1) is 5.00 Å². The van der Waals surface area contributed by atoms with Crippen LogP contribution < -0.4 is 5.00 Å². The summed E-state index contributed by atoms with van der Waals surface area (Å²) in [4.78, 5) is 6.85. The van der Waals surface area contributed by atoms with Gasteiger partial charge in [0, 0.05) is 11.8 Å². The summed E-state index contributed by atoms with van der Waals surface area (Å²) in [5, 5.41) is 7.36. The fraction of sp³-hybridized carbons (Fsp3) is 0.143. The third-order valence-corrected chi connectivity index (χ3v) is 1.72. The molecule has 0 aliphatic carbocycles. The van der Waals surface area contributed by atoms with Crippen molar-refractivity contribution in [1.82, 2.24) is 15.3 Å². The summed E-state index contributed by atoms with van der Waals surface area (Å²) in [6.45, 7) is 0.367. The van der Waals surface area contributed by atoms with Crippen molar-refractivity contribution in [2.75, 3.05) is 0 Å². The molecule has 0 atom stereocenters. The molecule has 1 aromatic heterocycles. The number of nitrogens with one attached hydrogen (secondary N) is 1. The van der Waals surface area contributed by atoms with E-state index in [2.05, 4.69) is 19.9 Å². The Balaban J connectivity index is 2.26. The summed E-state index contributed by atoms with van der Waals surface area (Å²) in [5.41, 5.74) is 2.37. The monoisotopic (exact) mass is 199 g/mol. The van der Waals surface area contributed by atoms with E-state index in [0.29, 0.717) is 12.1 Å². The van der Waals surface area contributed by atoms with Gasteiger partial charge in [-0.1, -0.05) is 6.07 Å². The molecule has 0 aliphatic rings. The van der Waals surface area contributed by atoms with Gasteiger partial charge >= 0.3 is 0 Å². The normalized spacial score (nSPS) is 10.8. The summed E-state index contributed by atoms with van der Waals surface area (Å²) in [6.07, 6.45) is 0. The lowest BCUT2D eigenvalue weighted by molar-refractivity contribution is 0.0818. The third-order valence-electron chi connectivity index (χ3n) is 1.61. The number of hydrogen-bond acceptors (Lipinski definition) is 5. The standard InChI is InChI=1S/C7H6ClN3O2/c8-11-12-4-5-1-2-6-7(3-5)10-13-9-6/h1-3,11H,4H2. The molecule has 0 radical (unpaired) electrons. The summed E-state index contributed by atoms with van der Waals surface area (Å²) in [7, 11) is 0. The van der Waals surface area contributed by atoms with Crippen molar-refractivity contribution < 1.29 is 9.47 Å². The second-order valence-corrected chi connectivity index (χ2v) is 2.61. The highest BCUT2D eigenvalue weighted by Gasteiger charge is 2.00. The number of hydrogen-bond donors (Lipinski definition) is 1. The van der Waals surface area contributed by atoms with Crippen molar-refractivity contribution in [3.8, 4) is 0 Å². The van der Waals surface area contributed by atoms with Crippen molar-refractivity contribution in [1.29, 1.82) is 0 Å². The quantitative estimate of drug-likeness (QED) is 0.598. The third kappa shape index (κ3) is 1.77. The molecule has 13 heavy (non-hydrogen) atoms. The smallest absolute Gasteiger partial charge is 0.135 e. The number of benzene rings is 1. The summed E-state index contributed by atoms with van der Waals surface area (Å²) in [5.74, 6) is 0. The largest absolute Gasteiger partial charge is 0.282 e. The molecule has 5 nitrogen and oxygen atoms in total. The Kier molecular flexibility index (Phi) is 2.40. The molecule has 1 aromatic carbocycles. The zero-order valence-electron chi connectivity index (χ0n) is 6.53. The van der Waals surface area contributed by atoms with Crippen LogP contribution in [0.15, 0.2) is 22.8 Å². The Bertz CT molecular complexity index is 403. The highest BCUT2D eigenvalue weighted by molar-refractivity contribution is 6.12. The fourth-order valence-corrected chi connectivity index (χ4v) is 1.08. The van der Waals surface area contributed by atoms with Crippen molar-refractivity contribution >= 4 is 22.8 Å². The van der Waals surface area contributed by atoms with Gasteiger partial charge in [-0.05, 0) is 28.0 Å². The number of aromatic nitrogens is 2. The zero-order chi connectivity index (χ0) is 9.10. The Labute approximate surface area is 78.6 Å². The molecule has 0 aliphatic heterocycles. The van der Waals surface area contributed by atoms with Crippen LogP contribution in [0, 0.1) is 0 Å². The van der Waals surface area contributed by atoms with Crippen LogP contribution in [0.1, 0.15) is 5.56 Å². The van der Waals surface area contributed by atoms with Gasteiger partial charge < -0.3 is 0 Å². The van der Waals surface area contributed by atoms with E-state index >= 15 is 0 Å². The molecule has 2 rings (SSSR count). The minimum Gasteiger partial charge on any atom is -0.282 e. The van der Waals surface area contributed by atoms with E-state index in [4.69, 9.17) is 16.6 Å². The molecule has 0 saturated heterocycles. The first-order valence-corrected chi connectivity index (χ1v) is 3.96. The maximum absolute atomic E-state index is 5.13. The SMILES string of the molecule is ClNOCc1ccc2nonc2c1. The van der Waals surface area contributed by atoms with Crippen LogP contribution in [0.2, 0.25) is 0 Å². The van der Waals surface area contributed by atoms with Gasteiger partial charge in [0.15, 0.2) is 0 Å². The van der Waals surface area contributed by atoms with E-state index in [9.17, 15) is 0 Å². The molecule has 1 N–H and O–H groups in total. The van der Waals surface area contributed by atoms with Crippen molar-refractivity contribution in [2.45, 2.75) is 6.61 Å². The molecule has 2 aromatic rings. The molecule has 0 amide bonds. The Hall–Kier alpha value is -1.17. The van der Waals surface area contributed by atoms with Crippen LogP contribution in [0.3, 0.4) is 0 Å². The van der Waals surface area contributed by atoms with Crippen molar-refractivity contribution in [2.24, 2.45) is 0 Å². The van der Waals surface area contributed by atoms with E-state index < -0.39 is 0 Å². The molecule has 1 heterocycles. The molecule has 68 valence electrons. The summed E-state index contributed by atoms with van der Waals surface area (Å²) in [6, 6.07) is 5.49. The Morgan fingerprint density at radius 2 is 2.23 bits per heavy atom. The van der Waals surface area contributed by atoms with E-state index in [1.54, 1.807) is 6.07 Å². The van der Waals surface area contributed by atoms with Gasteiger partial charge in [0.05, 0.1) is 6.61 Å². The maximum Gasteiger partial charge on any atom is 0.135 e. The lowest BCUT2D eigenvalue weighted by Gasteiger charge is -1.98. The predicted molar refractivity (Wildman–Crippen MR) is 45.6 cm³/mol. The first kappa shape index (κ1) is 8.43. The Morgan fingerprint density at radius 3 is 3.08 bits per heavy atom. The van der Waals surface area contributed by atoms with Crippen LogP contribution in [-0.4, -0.2) is 10.3 Å². The maximum atomic E-state index is 5.13. The van der Waals surface area contributed by atoms with Crippen LogP contribution >= 0.6 is 11.8 Å². The second-order valence-electron chi connectivity index (χ2n) is 2.45. The van der Waals surface area contributed by atoms with E-state index in [0.717, 1.165) is 11.1 Å². The summed E-state index contributed by atoms with van der Waals surface area (Å²) >= 11 is 5.13. The number of halogens is 1. The fourth-order valence-electron chi connectivity index (χ4n) is 1.03. The molecule has 6 heteroatoms. The topological polar surface area (TPSA) is 60.2 Å². The molecule has 0 spiro atoms. The van der Waals surface area contributed by atoms with Crippen molar-refractivity contribution in [3.05, 3.63) is 23.8 Å². The van der Waals surface area contributed by atoms with E-state index in [1.807, 2.05) is 12.1 Å². The second kappa shape index (κ2) is 3.69. The van der Waals surface area contributed by atoms with Gasteiger partial charge in [-0.3, -0.25) is 4.84 Å². The first-order chi connectivity index (χ1) is 6.40. The Morgan fingerprint density at radius 1 is 1.38 bits per heavy atom. The lowest BCUT2D eigenvalue weighted by Crippen LogP contribution is -2.00. The highest BCUT2D eigenvalue weighted by Crippen LogP contribution is 2.11. The molecular weight excluding hydrogens is 194 g/mol. The van der Waals surface area contributed by atoms with Gasteiger partial charge in [0.25, 0.3) is 0 Å². The number of rotatable bonds is 3. The predicted octanol–water partition coefficient (Wildman–Crippen LogP) is 1.40. The average molecular weight is 200 g/mol. The lowest BCUT2D eigenvalue weighted by atomic mass is 10.2. The molecule has 0 unspecified atom stereocenters. The molecule has 0 bridgehead atoms.